The molecular formula is C17H12ClFN2OS. The Hall–Kier alpha value is -2.24. The number of hydrogen-bond donors (Lipinski definition) is 1. The maximum absolute atomic E-state index is 14.2. The minimum atomic E-state index is -1.04. The Bertz CT molecular complexity index is 831. The summed E-state index contributed by atoms with van der Waals surface area (Å²) in [5.41, 5.74) is 7.55. The molecule has 0 aliphatic rings. The second kappa shape index (κ2) is 6.48. The molecule has 0 saturated heterocycles. The number of carbonyl (C=O) groups is 1. The van der Waals surface area contributed by atoms with E-state index < -0.39 is 17.6 Å². The summed E-state index contributed by atoms with van der Waals surface area (Å²) < 4.78 is 14.2. The van der Waals surface area contributed by atoms with E-state index in [1.54, 1.807) is 23.5 Å². The number of nitrogens with zero attached hydrogens (tertiary/aromatic N) is 1. The molecule has 2 heterocycles. The van der Waals surface area contributed by atoms with Crippen LogP contribution in [-0.4, -0.2) is 10.9 Å². The van der Waals surface area contributed by atoms with Crippen LogP contribution in [0.2, 0.25) is 5.02 Å². The minimum Gasteiger partial charge on any atom is -0.369 e. The molecule has 0 aliphatic heterocycles. The Balaban J connectivity index is 2.13. The number of nitrogens with two attached hydrogens (primary N) is 1. The molecule has 3 rings (SSSR count). The summed E-state index contributed by atoms with van der Waals surface area (Å²) in [6.45, 7) is 0. The molecule has 3 nitrogen and oxygen atoms in total. The van der Waals surface area contributed by atoms with Gasteiger partial charge in [-0.3, -0.25) is 9.78 Å². The number of rotatable bonds is 4. The summed E-state index contributed by atoms with van der Waals surface area (Å²) in [6.07, 6.45) is 0. The smallest absolute Gasteiger partial charge is 0.231 e. The lowest BCUT2D eigenvalue weighted by molar-refractivity contribution is -0.118. The van der Waals surface area contributed by atoms with Crippen molar-refractivity contribution in [1.29, 1.82) is 0 Å². The molecule has 23 heavy (non-hydrogen) atoms. The summed E-state index contributed by atoms with van der Waals surface area (Å²) in [4.78, 5) is 16.4. The van der Waals surface area contributed by atoms with Crippen molar-refractivity contribution in [2.24, 2.45) is 5.73 Å². The van der Waals surface area contributed by atoms with Crippen molar-refractivity contribution >= 4 is 28.8 Å². The van der Waals surface area contributed by atoms with Crippen molar-refractivity contribution in [3.8, 4) is 11.3 Å². The number of carbonyl (C=O) groups excluding carboxylic acids is 1. The third-order valence-electron chi connectivity index (χ3n) is 3.46. The van der Waals surface area contributed by atoms with Gasteiger partial charge in [-0.1, -0.05) is 23.7 Å². The van der Waals surface area contributed by atoms with Crippen LogP contribution in [0.5, 0.6) is 0 Å². The fraction of sp³-hybridized carbons (Fsp3) is 0.0588. The van der Waals surface area contributed by atoms with Gasteiger partial charge in [-0.2, -0.15) is 11.3 Å². The number of thiophene rings is 1. The van der Waals surface area contributed by atoms with E-state index in [1.807, 2.05) is 22.9 Å². The number of benzene rings is 1. The van der Waals surface area contributed by atoms with E-state index in [0.717, 1.165) is 5.56 Å². The average Bonchev–Trinajstić information content (AvgIpc) is 3.05. The Morgan fingerprint density at radius 3 is 2.65 bits per heavy atom. The highest BCUT2D eigenvalue weighted by molar-refractivity contribution is 7.08. The van der Waals surface area contributed by atoms with Gasteiger partial charge < -0.3 is 5.73 Å². The van der Waals surface area contributed by atoms with Gasteiger partial charge in [0.1, 0.15) is 11.7 Å². The van der Waals surface area contributed by atoms with Crippen LogP contribution >= 0.6 is 22.9 Å². The normalized spacial score (nSPS) is 12.1. The van der Waals surface area contributed by atoms with Crippen LogP contribution in [0.3, 0.4) is 0 Å². The minimum absolute atomic E-state index is 0.0524. The Labute approximate surface area is 141 Å². The molecule has 3 aromatic rings. The Morgan fingerprint density at radius 2 is 2.00 bits per heavy atom. The number of hydrogen-bond acceptors (Lipinski definition) is 3. The van der Waals surface area contributed by atoms with E-state index in [9.17, 15) is 9.18 Å². The lowest BCUT2D eigenvalue weighted by atomic mass is 9.93. The summed E-state index contributed by atoms with van der Waals surface area (Å²) in [6, 6.07) is 11.4. The molecule has 2 N–H and O–H groups in total. The van der Waals surface area contributed by atoms with E-state index in [1.165, 1.54) is 18.2 Å². The van der Waals surface area contributed by atoms with Crippen molar-refractivity contribution in [2.75, 3.05) is 0 Å². The first-order valence-electron chi connectivity index (χ1n) is 6.80. The molecule has 6 heteroatoms. The average molecular weight is 347 g/mol. The molecule has 1 atom stereocenters. The second-order valence-corrected chi connectivity index (χ2v) is 6.12. The summed E-state index contributed by atoms with van der Waals surface area (Å²) in [5.74, 6) is -2.32. The van der Waals surface area contributed by atoms with E-state index in [0.29, 0.717) is 11.4 Å². The van der Waals surface area contributed by atoms with Gasteiger partial charge in [0.2, 0.25) is 5.91 Å². The highest BCUT2D eigenvalue weighted by Gasteiger charge is 2.27. The van der Waals surface area contributed by atoms with Crippen molar-refractivity contribution in [3.05, 3.63) is 75.3 Å². The molecule has 0 spiro atoms. The third-order valence-corrected chi connectivity index (χ3v) is 4.47. The highest BCUT2D eigenvalue weighted by Crippen LogP contribution is 2.32. The monoisotopic (exact) mass is 346 g/mol. The lowest BCUT2D eigenvalue weighted by Crippen LogP contribution is -2.24. The predicted molar refractivity (Wildman–Crippen MR) is 90.0 cm³/mol. The number of amides is 1. The molecule has 2 aromatic heterocycles. The quantitative estimate of drug-likeness (QED) is 0.769. The summed E-state index contributed by atoms with van der Waals surface area (Å²) >= 11 is 7.63. The molecule has 1 aromatic carbocycles. The number of primary amides is 1. The van der Waals surface area contributed by atoms with Crippen molar-refractivity contribution in [1.82, 2.24) is 4.98 Å². The molecule has 0 fully saturated rings. The maximum atomic E-state index is 14.2. The first-order chi connectivity index (χ1) is 11.1. The summed E-state index contributed by atoms with van der Waals surface area (Å²) in [5, 5.41) is 4.03. The van der Waals surface area contributed by atoms with Gasteiger partial charge in [0, 0.05) is 21.5 Å². The van der Waals surface area contributed by atoms with Gasteiger partial charge in [-0.05, 0) is 35.7 Å². The van der Waals surface area contributed by atoms with Crippen LogP contribution < -0.4 is 5.73 Å². The molecule has 116 valence electrons. The van der Waals surface area contributed by atoms with E-state index >= 15 is 0 Å². The van der Waals surface area contributed by atoms with Crippen LogP contribution in [0.15, 0.2) is 53.2 Å². The van der Waals surface area contributed by atoms with Gasteiger partial charge in [-0.25, -0.2) is 4.39 Å². The Morgan fingerprint density at radius 1 is 1.22 bits per heavy atom. The molecule has 0 saturated carbocycles. The topological polar surface area (TPSA) is 56.0 Å². The van der Waals surface area contributed by atoms with Crippen LogP contribution in [0.4, 0.5) is 4.39 Å². The summed E-state index contributed by atoms with van der Waals surface area (Å²) in [7, 11) is 0. The van der Waals surface area contributed by atoms with E-state index in [2.05, 4.69) is 4.98 Å². The van der Waals surface area contributed by atoms with Crippen molar-refractivity contribution in [2.45, 2.75) is 5.92 Å². The van der Waals surface area contributed by atoms with Crippen LogP contribution in [0, 0.1) is 5.82 Å². The fourth-order valence-electron chi connectivity index (χ4n) is 2.41. The molecular weight excluding hydrogens is 335 g/mol. The SMILES string of the molecule is NC(=O)C(c1cccc(-c2ccsc2)n1)c1c(F)cccc1Cl. The zero-order chi connectivity index (χ0) is 16.4. The van der Waals surface area contributed by atoms with Crippen molar-refractivity contribution < 1.29 is 9.18 Å². The lowest BCUT2D eigenvalue weighted by Gasteiger charge is -2.16. The van der Waals surface area contributed by atoms with Gasteiger partial charge in [0.05, 0.1) is 11.4 Å². The zero-order valence-electron chi connectivity index (χ0n) is 11.9. The number of aromatic nitrogens is 1. The molecule has 0 aliphatic carbocycles. The third kappa shape index (κ3) is 3.11. The van der Waals surface area contributed by atoms with Crippen LogP contribution in [0.25, 0.3) is 11.3 Å². The van der Waals surface area contributed by atoms with Gasteiger partial charge in [0.25, 0.3) is 0 Å². The standard InChI is InChI=1S/C17H12ClFN2OS/c18-11-3-1-4-12(19)15(11)16(17(20)22)14-6-2-5-13(21-14)10-7-8-23-9-10/h1-9,16H,(H2,20,22). The highest BCUT2D eigenvalue weighted by atomic mass is 35.5. The zero-order valence-corrected chi connectivity index (χ0v) is 13.4. The van der Waals surface area contributed by atoms with E-state index in [-0.39, 0.29) is 10.6 Å². The first kappa shape index (κ1) is 15.6. The predicted octanol–water partition coefficient (Wildman–Crippen LogP) is 4.22. The van der Waals surface area contributed by atoms with Gasteiger partial charge >= 0.3 is 0 Å². The maximum Gasteiger partial charge on any atom is 0.231 e. The number of pyridine rings is 1. The van der Waals surface area contributed by atoms with E-state index in [4.69, 9.17) is 17.3 Å². The number of halogens is 2. The fourth-order valence-corrected chi connectivity index (χ4v) is 3.33. The van der Waals surface area contributed by atoms with Crippen LogP contribution in [-0.2, 0) is 4.79 Å². The molecule has 1 unspecified atom stereocenters. The van der Waals surface area contributed by atoms with Crippen LogP contribution in [0.1, 0.15) is 17.2 Å². The first-order valence-corrected chi connectivity index (χ1v) is 8.12. The molecule has 0 radical (unpaired) electrons. The largest absolute Gasteiger partial charge is 0.369 e. The molecule has 1 amide bonds. The second-order valence-electron chi connectivity index (χ2n) is 4.93. The van der Waals surface area contributed by atoms with Gasteiger partial charge in [0.15, 0.2) is 0 Å². The Kier molecular flexibility index (Phi) is 4.41. The molecule has 0 bridgehead atoms. The van der Waals surface area contributed by atoms with Crippen molar-refractivity contribution in [3.63, 3.8) is 0 Å². The van der Waals surface area contributed by atoms with Gasteiger partial charge in [-0.15, -0.1) is 0 Å².